The summed E-state index contributed by atoms with van der Waals surface area (Å²) in [7, 11) is 0. The van der Waals surface area contributed by atoms with Crippen molar-refractivity contribution in [3.63, 3.8) is 0 Å². The normalized spacial score (nSPS) is 21.3. The van der Waals surface area contributed by atoms with Crippen LogP contribution >= 0.6 is 0 Å². The lowest BCUT2D eigenvalue weighted by atomic mass is 9.73. The number of amides is 1. The molecule has 1 fully saturated rings. The maximum Gasteiger partial charge on any atom is 0.272 e. The van der Waals surface area contributed by atoms with Crippen LogP contribution in [0.2, 0.25) is 0 Å². The van der Waals surface area contributed by atoms with Gasteiger partial charge in [0.05, 0.1) is 5.52 Å². The second-order valence-electron chi connectivity index (χ2n) is 6.64. The molecule has 21 heavy (non-hydrogen) atoms. The number of aromatic amines is 1. The highest BCUT2D eigenvalue weighted by Gasteiger charge is 2.33. The molecule has 1 unspecified atom stereocenters. The molecule has 1 aliphatic carbocycles. The van der Waals surface area contributed by atoms with Crippen molar-refractivity contribution >= 4 is 22.5 Å². The van der Waals surface area contributed by atoms with Gasteiger partial charge in [-0.3, -0.25) is 9.89 Å². The number of nitrogens with zero attached hydrogens (tertiary/aromatic N) is 1. The Bertz CT molecular complexity index is 674. The quantitative estimate of drug-likeness (QED) is 0.742. The number of rotatable bonds is 2. The first-order chi connectivity index (χ1) is 9.97. The lowest BCUT2D eigenvalue weighted by Gasteiger charge is -2.38. The van der Waals surface area contributed by atoms with Gasteiger partial charge in [-0.15, -0.1) is 0 Å². The van der Waals surface area contributed by atoms with E-state index in [1.165, 1.54) is 12.8 Å². The Morgan fingerprint density at radius 1 is 1.43 bits per heavy atom. The second kappa shape index (κ2) is 5.06. The van der Waals surface area contributed by atoms with Gasteiger partial charge in [0.15, 0.2) is 5.69 Å². The van der Waals surface area contributed by atoms with Crippen LogP contribution in [0.5, 0.6) is 0 Å². The van der Waals surface area contributed by atoms with Crippen molar-refractivity contribution < 1.29 is 4.79 Å². The van der Waals surface area contributed by atoms with Gasteiger partial charge < -0.3 is 11.1 Å². The van der Waals surface area contributed by atoms with Crippen molar-refractivity contribution in [3.05, 3.63) is 23.9 Å². The van der Waals surface area contributed by atoms with E-state index in [0.29, 0.717) is 11.4 Å². The Hall–Kier alpha value is -2.04. The van der Waals surface area contributed by atoms with Gasteiger partial charge in [0.25, 0.3) is 5.91 Å². The Balaban J connectivity index is 1.85. The van der Waals surface area contributed by atoms with Crippen molar-refractivity contribution in [2.75, 3.05) is 5.73 Å². The molecule has 1 amide bonds. The number of benzene rings is 1. The first kappa shape index (κ1) is 13.9. The molecule has 4 N–H and O–H groups in total. The maximum absolute atomic E-state index is 12.6. The van der Waals surface area contributed by atoms with Crippen LogP contribution in [0.4, 0.5) is 5.69 Å². The molecule has 1 aliphatic rings. The summed E-state index contributed by atoms with van der Waals surface area (Å²) in [5.41, 5.74) is 7.84. The number of nitrogens with two attached hydrogens (primary N) is 1. The number of fused-ring (bicyclic) bond motifs is 1. The van der Waals surface area contributed by atoms with E-state index in [9.17, 15) is 4.79 Å². The summed E-state index contributed by atoms with van der Waals surface area (Å²) in [6.45, 7) is 4.44. The molecule has 5 nitrogen and oxygen atoms in total. The summed E-state index contributed by atoms with van der Waals surface area (Å²) in [4.78, 5) is 12.6. The van der Waals surface area contributed by atoms with Crippen molar-refractivity contribution in [1.82, 2.24) is 15.5 Å². The fourth-order valence-electron chi connectivity index (χ4n) is 3.19. The molecule has 0 radical (unpaired) electrons. The zero-order valence-corrected chi connectivity index (χ0v) is 12.6. The highest BCUT2D eigenvalue weighted by Crippen LogP contribution is 2.35. The molecule has 1 saturated carbocycles. The van der Waals surface area contributed by atoms with Crippen LogP contribution in [0, 0.1) is 5.41 Å². The van der Waals surface area contributed by atoms with Crippen LogP contribution in [0.3, 0.4) is 0 Å². The van der Waals surface area contributed by atoms with Gasteiger partial charge in [0.2, 0.25) is 0 Å². The fraction of sp³-hybridized carbons (Fsp3) is 0.500. The molecular formula is C16H22N4O. The standard InChI is InChI=1S/C16H22N4O/c1-16(2)8-4-3-5-13(16)18-15(21)14-11-9-10(17)6-7-12(11)19-20-14/h6-7,9,13H,3-5,8,17H2,1-2H3,(H,18,21)(H,19,20). The molecule has 1 aromatic carbocycles. The largest absolute Gasteiger partial charge is 0.399 e. The van der Waals surface area contributed by atoms with Crippen LogP contribution in [-0.2, 0) is 0 Å². The van der Waals surface area contributed by atoms with Crippen LogP contribution in [0.15, 0.2) is 18.2 Å². The van der Waals surface area contributed by atoms with E-state index < -0.39 is 0 Å². The summed E-state index contributed by atoms with van der Waals surface area (Å²) in [5.74, 6) is -0.119. The minimum Gasteiger partial charge on any atom is -0.399 e. The molecule has 5 heteroatoms. The minimum absolute atomic E-state index is 0.119. The number of anilines is 1. The number of nitrogens with one attached hydrogen (secondary N) is 2. The SMILES string of the molecule is CC1(C)CCCCC1NC(=O)c1n[nH]c2ccc(N)cc12. The molecule has 0 bridgehead atoms. The minimum atomic E-state index is -0.119. The molecule has 0 spiro atoms. The van der Waals surface area contributed by atoms with Gasteiger partial charge >= 0.3 is 0 Å². The number of aromatic nitrogens is 2. The summed E-state index contributed by atoms with van der Waals surface area (Å²) >= 11 is 0. The first-order valence-corrected chi connectivity index (χ1v) is 7.52. The summed E-state index contributed by atoms with van der Waals surface area (Å²) < 4.78 is 0. The number of carbonyl (C=O) groups excluding carboxylic acids is 1. The van der Waals surface area contributed by atoms with E-state index in [-0.39, 0.29) is 17.4 Å². The van der Waals surface area contributed by atoms with Gasteiger partial charge in [0, 0.05) is 17.1 Å². The predicted octanol–water partition coefficient (Wildman–Crippen LogP) is 2.84. The van der Waals surface area contributed by atoms with Gasteiger partial charge in [-0.05, 0) is 36.5 Å². The molecule has 0 saturated heterocycles. The highest BCUT2D eigenvalue weighted by atomic mass is 16.2. The third-order valence-corrected chi connectivity index (χ3v) is 4.61. The number of nitrogen functional groups attached to an aromatic ring is 1. The Morgan fingerprint density at radius 3 is 3.00 bits per heavy atom. The predicted molar refractivity (Wildman–Crippen MR) is 84.0 cm³/mol. The third-order valence-electron chi connectivity index (χ3n) is 4.61. The average molecular weight is 286 g/mol. The van der Waals surface area contributed by atoms with Crippen LogP contribution in [-0.4, -0.2) is 22.1 Å². The monoisotopic (exact) mass is 286 g/mol. The maximum atomic E-state index is 12.6. The van der Waals surface area contributed by atoms with Gasteiger partial charge in [-0.25, -0.2) is 0 Å². The van der Waals surface area contributed by atoms with Crippen LogP contribution in [0.25, 0.3) is 10.9 Å². The highest BCUT2D eigenvalue weighted by molar-refractivity contribution is 6.05. The van der Waals surface area contributed by atoms with Crippen molar-refractivity contribution in [2.24, 2.45) is 5.41 Å². The lowest BCUT2D eigenvalue weighted by molar-refractivity contribution is 0.0850. The molecule has 1 heterocycles. The molecule has 112 valence electrons. The number of hydrogen-bond acceptors (Lipinski definition) is 3. The average Bonchev–Trinajstić information content (AvgIpc) is 2.84. The molecule has 1 aromatic heterocycles. The molecule has 3 rings (SSSR count). The summed E-state index contributed by atoms with van der Waals surface area (Å²) in [6.07, 6.45) is 4.58. The van der Waals surface area contributed by atoms with E-state index in [4.69, 9.17) is 5.73 Å². The van der Waals surface area contributed by atoms with Crippen LogP contribution < -0.4 is 11.1 Å². The Morgan fingerprint density at radius 2 is 2.24 bits per heavy atom. The topological polar surface area (TPSA) is 83.8 Å². The molecule has 1 atom stereocenters. The zero-order valence-electron chi connectivity index (χ0n) is 12.6. The Labute approximate surface area is 124 Å². The van der Waals surface area contributed by atoms with Crippen molar-refractivity contribution in [2.45, 2.75) is 45.6 Å². The number of H-pyrrole nitrogens is 1. The molecule has 2 aromatic rings. The van der Waals surface area contributed by atoms with Gasteiger partial charge in [-0.1, -0.05) is 26.7 Å². The van der Waals surface area contributed by atoms with Crippen molar-refractivity contribution in [3.8, 4) is 0 Å². The van der Waals surface area contributed by atoms with E-state index >= 15 is 0 Å². The van der Waals surface area contributed by atoms with Crippen LogP contribution in [0.1, 0.15) is 50.0 Å². The smallest absolute Gasteiger partial charge is 0.272 e. The molecular weight excluding hydrogens is 264 g/mol. The van der Waals surface area contributed by atoms with E-state index in [1.807, 2.05) is 6.07 Å². The zero-order chi connectivity index (χ0) is 15.0. The summed E-state index contributed by atoms with van der Waals surface area (Å²) in [5, 5.41) is 11.0. The van der Waals surface area contributed by atoms with Gasteiger partial charge in [0.1, 0.15) is 0 Å². The lowest BCUT2D eigenvalue weighted by Crippen LogP contribution is -2.46. The van der Waals surface area contributed by atoms with E-state index in [1.54, 1.807) is 12.1 Å². The fourth-order valence-corrected chi connectivity index (χ4v) is 3.19. The summed E-state index contributed by atoms with van der Waals surface area (Å²) in [6, 6.07) is 5.64. The molecule has 0 aliphatic heterocycles. The van der Waals surface area contributed by atoms with Gasteiger partial charge in [-0.2, -0.15) is 5.10 Å². The first-order valence-electron chi connectivity index (χ1n) is 7.52. The van der Waals surface area contributed by atoms with Crippen molar-refractivity contribution in [1.29, 1.82) is 0 Å². The third kappa shape index (κ3) is 2.60. The Kier molecular flexibility index (Phi) is 3.35. The number of hydrogen-bond donors (Lipinski definition) is 3. The van der Waals surface area contributed by atoms with E-state index in [0.717, 1.165) is 23.7 Å². The van der Waals surface area contributed by atoms with E-state index in [2.05, 4.69) is 29.4 Å². The second-order valence-corrected chi connectivity index (χ2v) is 6.64. The number of carbonyl (C=O) groups is 1.